The average molecular weight is 199 g/mol. The summed E-state index contributed by atoms with van der Waals surface area (Å²) in [7, 11) is 0. The summed E-state index contributed by atoms with van der Waals surface area (Å²) in [6, 6.07) is 9.43. The van der Waals surface area contributed by atoms with Crippen molar-refractivity contribution < 1.29 is 0 Å². The van der Waals surface area contributed by atoms with Gasteiger partial charge < -0.3 is 15.7 Å². The molecule has 0 unspecified atom stereocenters. The molecule has 3 aromatic rings. The molecule has 0 aliphatic heterocycles. The molecule has 2 aromatic carbocycles. The van der Waals surface area contributed by atoms with E-state index in [9.17, 15) is 4.79 Å². The third-order valence-electron chi connectivity index (χ3n) is 2.58. The second-order valence-corrected chi connectivity index (χ2v) is 3.51. The van der Waals surface area contributed by atoms with Crippen LogP contribution in [0.1, 0.15) is 0 Å². The zero-order valence-electron chi connectivity index (χ0n) is 7.87. The fourth-order valence-corrected chi connectivity index (χ4v) is 1.89. The molecule has 4 N–H and O–H groups in total. The van der Waals surface area contributed by atoms with Crippen molar-refractivity contribution in [3.8, 4) is 0 Å². The molecule has 4 heteroatoms. The van der Waals surface area contributed by atoms with Crippen LogP contribution in [0, 0.1) is 0 Å². The molecule has 0 saturated carbocycles. The predicted molar refractivity (Wildman–Crippen MR) is 60.8 cm³/mol. The number of benzene rings is 2. The number of hydrogen-bond acceptors (Lipinski definition) is 2. The van der Waals surface area contributed by atoms with Crippen LogP contribution in [-0.4, -0.2) is 9.97 Å². The third-order valence-corrected chi connectivity index (χ3v) is 2.58. The molecule has 1 heterocycles. The maximum Gasteiger partial charge on any atom is 0.323 e. The highest BCUT2D eigenvalue weighted by Crippen LogP contribution is 2.25. The predicted octanol–water partition coefficient (Wildman–Crippen LogP) is 1.59. The third kappa shape index (κ3) is 1.05. The molecule has 0 spiro atoms. The zero-order chi connectivity index (χ0) is 10.4. The van der Waals surface area contributed by atoms with Gasteiger partial charge in [0.25, 0.3) is 0 Å². The number of nitrogen functional groups attached to an aromatic ring is 1. The monoisotopic (exact) mass is 199 g/mol. The fraction of sp³-hybridized carbons (Fsp3) is 0. The Morgan fingerprint density at radius 3 is 2.73 bits per heavy atom. The van der Waals surface area contributed by atoms with Gasteiger partial charge in [-0.1, -0.05) is 18.2 Å². The van der Waals surface area contributed by atoms with E-state index in [0.29, 0.717) is 0 Å². The number of nitrogens with two attached hydrogens (primary N) is 1. The van der Waals surface area contributed by atoms with Crippen molar-refractivity contribution >= 4 is 27.5 Å². The molecule has 0 bridgehead atoms. The van der Waals surface area contributed by atoms with E-state index in [2.05, 4.69) is 9.97 Å². The Morgan fingerprint density at radius 1 is 1.00 bits per heavy atom. The Balaban J connectivity index is 2.65. The van der Waals surface area contributed by atoms with Gasteiger partial charge in [-0.05, 0) is 12.1 Å². The Bertz CT molecular complexity index is 708. The van der Waals surface area contributed by atoms with Crippen molar-refractivity contribution in [1.82, 2.24) is 9.97 Å². The van der Waals surface area contributed by atoms with Gasteiger partial charge in [-0.15, -0.1) is 0 Å². The van der Waals surface area contributed by atoms with Gasteiger partial charge in [-0.2, -0.15) is 0 Å². The zero-order valence-corrected chi connectivity index (χ0v) is 7.87. The number of fused-ring (bicyclic) bond motifs is 3. The molecule has 3 rings (SSSR count). The highest BCUT2D eigenvalue weighted by atomic mass is 16.1. The highest BCUT2D eigenvalue weighted by Gasteiger charge is 2.04. The molecule has 0 aliphatic carbocycles. The number of anilines is 1. The molecule has 4 nitrogen and oxygen atoms in total. The van der Waals surface area contributed by atoms with Crippen molar-refractivity contribution in [3.63, 3.8) is 0 Å². The van der Waals surface area contributed by atoms with Gasteiger partial charge in [0.05, 0.1) is 11.0 Å². The molecule has 0 radical (unpaired) electrons. The minimum absolute atomic E-state index is 0.195. The maximum atomic E-state index is 11.2. The van der Waals surface area contributed by atoms with Crippen molar-refractivity contribution in [3.05, 3.63) is 40.8 Å². The number of aromatic nitrogens is 2. The minimum atomic E-state index is -0.195. The van der Waals surface area contributed by atoms with Crippen LogP contribution in [-0.2, 0) is 0 Å². The van der Waals surface area contributed by atoms with Crippen LogP contribution in [0.2, 0.25) is 0 Å². The van der Waals surface area contributed by atoms with Crippen LogP contribution in [0.15, 0.2) is 35.1 Å². The van der Waals surface area contributed by atoms with Crippen molar-refractivity contribution in [2.24, 2.45) is 0 Å². The Labute approximate surface area is 84.7 Å². The quantitative estimate of drug-likeness (QED) is 0.481. The lowest BCUT2D eigenvalue weighted by Crippen LogP contribution is -1.99. The van der Waals surface area contributed by atoms with E-state index in [-0.39, 0.29) is 5.69 Å². The molecular weight excluding hydrogens is 190 g/mol. The molecule has 1 aromatic heterocycles. The topological polar surface area (TPSA) is 74.7 Å². The lowest BCUT2D eigenvalue weighted by molar-refractivity contribution is 1.22. The van der Waals surface area contributed by atoms with Crippen molar-refractivity contribution in [2.45, 2.75) is 0 Å². The van der Waals surface area contributed by atoms with Crippen LogP contribution in [0.3, 0.4) is 0 Å². The Kier molecular flexibility index (Phi) is 1.42. The largest absolute Gasteiger partial charge is 0.398 e. The number of H-pyrrole nitrogens is 2. The lowest BCUT2D eigenvalue weighted by Gasteiger charge is -2.01. The van der Waals surface area contributed by atoms with Crippen LogP contribution in [0.25, 0.3) is 21.8 Å². The van der Waals surface area contributed by atoms with Gasteiger partial charge >= 0.3 is 5.69 Å². The Morgan fingerprint density at radius 2 is 1.87 bits per heavy atom. The SMILES string of the molecule is Nc1cccc2c1ccc1[nH]c(=O)[nH]c12. The van der Waals surface area contributed by atoms with Crippen LogP contribution < -0.4 is 11.4 Å². The van der Waals surface area contributed by atoms with Crippen LogP contribution in [0.4, 0.5) is 5.69 Å². The number of aromatic amines is 2. The first-order valence-electron chi connectivity index (χ1n) is 4.65. The molecule has 0 aliphatic rings. The van der Waals surface area contributed by atoms with E-state index in [1.165, 1.54) is 0 Å². The van der Waals surface area contributed by atoms with Gasteiger partial charge in [-0.25, -0.2) is 4.79 Å². The molecule has 15 heavy (non-hydrogen) atoms. The van der Waals surface area contributed by atoms with Crippen LogP contribution in [0.5, 0.6) is 0 Å². The summed E-state index contributed by atoms with van der Waals surface area (Å²) >= 11 is 0. The first-order chi connectivity index (χ1) is 7.25. The van der Waals surface area contributed by atoms with Crippen molar-refractivity contribution in [1.29, 1.82) is 0 Å². The number of nitrogens with one attached hydrogen (secondary N) is 2. The molecular formula is C11H9N3O. The summed E-state index contributed by atoms with van der Waals surface area (Å²) in [5.74, 6) is 0. The summed E-state index contributed by atoms with van der Waals surface area (Å²) in [6.07, 6.45) is 0. The number of hydrogen-bond donors (Lipinski definition) is 3. The standard InChI is InChI=1S/C11H9N3O/c12-8-3-1-2-7-6(8)4-5-9-10(7)14-11(15)13-9/h1-5H,12H2,(H2,13,14,15). The molecule has 0 saturated heterocycles. The maximum absolute atomic E-state index is 11.2. The summed E-state index contributed by atoms with van der Waals surface area (Å²) in [6.45, 7) is 0. The molecule has 0 amide bonds. The van der Waals surface area contributed by atoms with E-state index in [4.69, 9.17) is 5.73 Å². The second-order valence-electron chi connectivity index (χ2n) is 3.51. The number of rotatable bonds is 0. The lowest BCUT2D eigenvalue weighted by atomic mass is 10.1. The van der Waals surface area contributed by atoms with Gasteiger partial charge in [0.15, 0.2) is 0 Å². The summed E-state index contributed by atoms with van der Waals surface area (Å²) < 4.78 is 0. The summed E-state index contributed by atoms with van der Waals surface area (Å²) in [5, 5.41) is 1.92. The molecule has 0 fully saturated rings. The van der Waals surface area contributed by atoms with Crippen molar-refractivity contribution in [2.75, 3.05) is 5.73 Å². The van der Waals surface area contributed by atoms with Gasteiger partial charge in [-0.3, -0.25) is 0 Å². The van der Waals surface area contributed by atoms with E-state index >= 15 is 0 Å². The normalized spacial score (nSPS) is 11.2. The highest BCUT2D eigenvalue weighted by molar-refractivity contribution is 6.08. The van der Waals surface area contributed by atoms with Gasteiger partial charge in [0.2, 0.25) is 0 Å². The van der Waals surface area contributed by atoms with E-state index in [1.54, 1.807) is 0 Å². The fourth-order valence-electron chi connectivity index (χ4n) is 1.89. The number of imidazole rings is 1. The molecule has 74 valence electrons. The first-order valence-corrected chi connectivity index (χ1v) is 4.65. The molecule has 0 atom stereocenters. The van der Waals surface area contributed by atoms with Gasteiger partial charge in [0.1, 0.15) is 0 Å². The average Bonchev–Trinajstić information content (AvgIpc) is 2.59. The minimum Gasteiger partial charge on any atom is -0.398 e. The smallest absolute Gasteiger partial charge is 0.323 e. The first kappa shape index (κ1) is 8.11. The van der Waals surface area contributed by atoms with Gasteiger partial charge in [0, 0.05) is 16.5 Å². The second kappa shape index (κ2) is 2.63. The Hall–Kier alpha value is -2.23. The van der Waals surface area contributed by atoms with E-state index < -0.39 is 0 Å². The van der Waals surface area contributed by atoms with E-state index in [0.717, 1.165) is 27.5 Å². The summed E-state index contributed by atoms with van der Waals surface area (Å²) in [4.78, 5) is 16.7. The summed E-state index contributed by atoms with van der Waals surface area (Å²) in [5.41, 5.74) is 7.99. The van der Waals surface area contributed by atoms with Crippen LogP contribution >= 0.6 is 0 Å². The van der Waals surface area contributed by atoms with E-state index in [1.807, 2.05) is 30.3 Å².